The molecule has 0 spiro atoms. The molecule has 0 aliphatic heterocycles. The van der Waals surface area contributed by atoms with Gasteiger partial charge in [0.2, 0.25) is 5.91 Å². The largest absolute Gasteiger partial charge is 0.417 e. The summed E-state index contributed by atoms with van der Waals surface area (Å²) in [5, 5.41) is 3.10. The molecule has 0 saturated heterocycles. The summed E-state index contributed by atoms with van der Waals surface area (Å²) in [6.07, 6.45) is -3.66. The number of halogens is 5. The maximum atomic E-state index is 12.5. The Morgan fingerprint density at radius 3 is 2.38 bits per heavy atom. The maximum Gasteiger partial charge on any atom is 0.417 e. The number of aromatic nitrogens is 1. The molecule has 2 rings (SSSR count). The van der Waals surface area contributed by atoms with E-state index in [-0.39, 0.29) is 11.7 Å². The molecule has 0 unspecified atom stereocenters. The van der Waals surface area contributed by atoms with E-state index in [0.29, 0.717) is 10.7 Å². The minimum atomic E-state index is -4.42. The second kappa shape index (κ2) is 7.88. The summed E-state index contributed by atoms with van der Waals surface area (Å²) in [4.78, 5) is 15.7. The highest BCUT2D eigenvalue weighted by Gasteiger charge is 2.30. The molecule has 1 N–H and O–H groups in total. The van der Waals surface area contributed by atoms with Gasteiger partial charge in [-0.15, -0.1) is 0 Å². The molecule has 3 nitrogen and oxygen atoms in total. The Morgan fingerprint density at radius 2 is 1.88 bits per heavy atom. The SMILES string of the molecule is Cc1cc(Br)c(NC(=O)CSc2ccc(C(F)(F)F)cn2)c(Br)c1. The van der Waals surface area contributed by atoms with E-state index >= 15 is 0 Å². The highest BCUT2D eigenvalue weighted by atomic mass is 79.9. The smallest absolute Gasteiger partial charge is 0.323 e. The number of hydrogen-bond acceptors (Lipinski definition) is 3. The van der Waals surface area contributed by atoms with E-state index in [2.05, 4.69) is 42.2 Å². The van der Waals surface area contributed by atoms with Crippen LogP contribution in [0.3, 0.4) is 0 Å². The summed E-state index contributed by atoms with van der Waals surface area (Å²) in [7, 11) is 0. The number of anilines is 1. The summed E-state index contributed by atoms with van der Waals surface area (Å²) in [5.74, 6) is -0.252. The first-order valence-electron chi connectivity index (χ1n) is 6.58. The van der Waals surface area contributed by atoms with Crippen LogP contribution in [-0.4, -0.2) is 16.6 Å². The van der Waals surface area contributed by atoms with Gasteiger partial charge in [0.1, 0.15) is 0 Å². The van der Waals surface area contributed by atoms with Crippen LogP contribution in [0.4, 0.5) is 18.9 Å². The summed E-state index contributed by atoms with van der Waals surface area (Å²) in [6, 6.07) is 5.93. The average molecular weight is 484 g/mol. The third-order valence-electron chi connectivity index (χ3n) is 2.87. The zero-order valence-corrected chi connectivity index (χ0v) is 16.2. The molecule has 0 aliphatic rings. The van der Waals surface area contributed by atoms with E-state index in [4.69, 9.17) is 0 Å². The number of benzene rings is 1. The van der Waals surface area contributed by atoms with E-state index in [1.165, 1.54) is 6.07 Å². The number of amides is 1. The van der Waals surface area contributed by atoms with Crippen molar-refractivity contribution in [2.24, 2.45) is 0 Å². The zero-order chi connectivity index (χ0) is 17.9. The second-order valence-electron chi connectivity index (χ2n) is 4.82. The van der Waals surface area contributed by atoms with Crippen LogP contribution in [0.25, 0.3) is 0 Å². The predicted octanol–water partition coefficient (Wildman–Crippen LogP) is 5.66. The van der Waals surface area contributed by atoms with Gasteiger partial charge in [-0.2, -0.15) is 13.2 Å². The predicted molar refractivity (Wildman–Crippen MR) is 95.2 cm³/mol. The van der Waals surface area contributed by atoms with Crippen molar-refractivity contribution in [1.29, 1.82) is 0 Å². The minimum absolute atomic E-state index is 0.0329. The van der Waals surface area contributed by atoms with Gasteiger partial charge in [-0.25, -0.2) is 4.98 Å². The monoisotopic (exact) mass is 482 g/mol. The van der Waals surface area contributed by atoms with Crippen molar-refractivity contribution in [3.05, 3.63) is 50.5 Å². The molecule has 2 aromatic rings. The highest BCUT2D eigenvalue weighted by Crippen LogP contribution is 2.33. The fourth-order valence-electron chi connectivity index (χ4n) is 1.77. The summed E-state index contributed by atoms with van der Waals surface area (Å²) < 4.78 is 38.9. The van der Waals surface area contributed by atoms with E-state index < -0.39 is 11.7 Å². The number of thioether (sulfide) groups is 1. The summed E-state index contributed by atoms with van der Waals surface area (Å²) in [5.41, 5.74) is 0.811. The van der Waals surface area contributed by atoms with Gasteiger partial charge in [0.25, 0.3) is 0 Å². The first kappa shape index (κ1) is 19.3. The van der Waals surface area contributed by atoms with Crippen molar-refractivity contribution in [2.45, 2.75) is 18.1 Å². The number of hydrogen-bond donors (Lipinski definition) is 1. The lowest BCUT2D eigenvalue weighted by atomic mass is 10.2. The number of nitrogens with one attached hydrogen (secondary N) is 1. The number of nitrogens with zero attached hydrogens (tertiary/aromatic N) is 1. The van der Waals surface area contributed by atoms with Gasteiger partial charge in [-0.05, 0) is 68.6 Å². The molecule has 1 aromatic carbocycles. The average Bonchev–Trinajstić information content (AvgIpc) is 2.48. The van der Waals surface area contributed by atoms with Crippen molar-refractivity contribution in [2.75, 3.05) is 11.1 Å². The molecule has 0 atom stereocenters. The van der Waals surface area contributed by atoms with Crippen LogP contribution < -0.4 is 5.32 Å². The Morgan fingerprint density at radius 1 is 1.25 bits per heavy atom. The number of pyridine rings is 1. The van der Waals surface area contributed by atoms with Crippen LogP contribution in [0, 0.1) is 6.92 Å². The van der Waals surface area contributed by atoms with Gasteiger partial charge in [0.15, 0.2) is 0 Å². The maximum absolute atomic E-state index is 12.5. The number of carbonyl (C=O) groups excluding carboxylic acids is 1. The van der Waals surface area contributed by atoms with Gasteiger partial charge in [-0.1, -0.05) is 11.8 Å². The van der Waals surface area contributed by atoms with Crippen LogP contribution in [0.5, 0.6) is 0 Å². The molecule has 1 heterocycles. The molecular formula is C15H11Br2F3N2OS. The van der Waals surface area contributed by atoms with E-state index in [1.54, 1.807) is 0 Å². The van der Waals surface area contributed by atoms with Gasteiger partial charge >= 0.3 is 6.18 Å². The standard InChI is InChI=1S/C15H11Br2F3N2OS/c1-8-4-10(16)14(11(17)5-8)22-12(23)7-24-13-3-2-9(6-21-13)15(18,19)20/h2-6H,7H2,1H3,(H,22,23). The molecule has 0 fully saturated rings. The molecule has 24 heavy (non-hydrogen) atoms. The molecular weight excluding hydrogens is 473 g/mol. The Balaban J connectivity index is 1.97. The Labute approximate surface area is 157 Å². The Kier molecular flexibility index (Phi) is 6.33. The molecule has 1 amide bonds. The number of carbonyl (C=O) groups is 1. The first-order valence-corrected chi connectivity index (χ1v) is 9.15. The highest BCUT2D eigenvalue weighted by molar-refractivity contribution is 9.11. The number of alkyl halides is 3. The van der Waals surface area contributed by atoms with Crippen molar-refractivity contribution in [3.63, 3.8) is 0 Å². The minimum Gasteiger partial charge on any atom is -0.323 e. The van der Waals surface area contributed by atoms with Crippen molar-refractivity contribution in [1.82, 2.24) is 4.98 Å². The second-order valence-corrected chi connectivity index (χ2v) is 7.53. The Bertz CT molecular complexity index is 728. The fraction of sp³-hybridized carbons (Fsp3) is 0.200. The fourth-order valence-corrected chi connectivity index (χ4v) is 4.02. The third kappa shape index (κ3) is 5.22. The molecule has 128 valence electrons. The summed E-state index contributed by atoms with van der Waals surface area (Å²) >= 11 is 7.82. The van der Waals surface area contributed by atoms with Gasteiger partial charge < -0.3 is 5.32 Å². The molecule has 9 heteroatoms. The van der Waals surface area contributed by atoms with Crippen LogP contribution in [0.1, 0.15) is 11.1 Å². The zero-order valence-electron chi connectivity index (χ0n) is 12.2. The lowest BCUT2D eigenvalue weighted by Crippen LogP contribution is -2.15. The van der Waals surface area contributed by atoms with Crippen LogP contribution in [-0.2, 0) is 11.0 Å². The van der Waals surface area contributed by atoms with Crippen LogP contribution in [0.2, 0.25) is 0 Å². The Hall–Kier alpha value is -1.06. The quantitative estimate of drug-likeness (QED) is 0.570. The number of rotatable bonds is 4. The molecule has 0 aliphatic carbocycles. The molecule has 0 radical (unpaired) electrons. The number of aryl methyl sites for hydroxylation is 1. The van der Waals surface area contributed by atoms with E-state index in [0.717, 1.165) is 38.5 Å². The van der Waals surface area contributed by atoms with Gasteiger partial charge in [-0.3, -0.25) is 4.79 Å². The third-order valence-corrected chi connectivity index (χ3v) is 5.06. The van der Waals surface area contributed by atoms with Gasteiger partial charge in [0.05, 0.1) is 22.0 Å². The van der Waals surface area contributed by atoms with Gasteiger partial charge in [0, 0.05) is 15.1 Å². The lowest BCUT2D eigenvalue weighted by Gasteiger charge is -2.11. The lowest BCUT2D eigenvalue weighted by molar-refractivity contribution is -0.137. The summed E-state index contributed by atoms with van der Waals surface area (Å²) in [6.45, 7) is 1.92. The van der Waals surface area contributed by atoms with Crippen LogP contribution >= 0.6 is 43.6 Å². The first-order chi connectivity index (χ1) is 11.2. The van der Waals surface area contributed by atoms with Crippen molar-refractivity contribution in [3.8, 4) is 0 Å². The van der Waals surface area contributed by atoms with Crippen molar-refractivity contribution < 1.29 is 18.0 Å². The molecule has 0 saturated carbocycles. The van der Waals surface area contributed by atoms with Crippen LogP contribution in [0.15, 0.2) is 44.4 Å². The topological polar surface area (TPSA) is 42.0 Å². The normalized spacial score (nSPS) is 11.4. The molecule has 0 bridgehead atoms. The van der Waals surface area contributed by atoms with Crippen molar-refractivity contribution >= 4 is 55.2 Å². The molecule has 1 aromatic heterocycles. The van der Waals surface area contributed by atoms with E-state index in [1.807, 2.05) is 19.1 Å². The van der Waals surface area contributed by atoms with E-state index in [9.17, 15) is 18.0 Å².